The normalized spacial score (nSPS) is 19.9. The zero-order valence-electron chi connectivity index (χ0n) is 19.4. The Morgan fingerprint density at radius 2 is 1.94 bits per heavy atom. The van der Waals surface area contributed by atoms with Crippen molar-refractivity contribution in [2.75, 3.05) is 26.2 Å². The summed E-state index contributed by atoms with van der Waals surface area (Å²) in [5.74, 6) is 0.566. The molecular formula is C24H37N3O4. The third-order valence-corrected chi connectivity index (χ3v) is 6.39. The first-order valence-electron chi connectivity index (χ1n) is 11.6. The molecule has 1 unspecified atom stereocenters. The highest BCUT2D eigenvalue weighted by Crippen LogP contribution is 2.29. The first kappa shape index (κ1) is 23.5. The lowest BCUT2D eigenvalue weighted by molar-refractivity contribution is -0.384. The van der Waals surface area contributed by atoms with Crippen molar-refractivity contribution in [1.29, 1.82) is 0 Å². The average Bonchev–Trinajstić information content (AvgIpc) is 2.72. The number of hydrogen-bond donors (Lipinski definition) is 0. The summed E-state index contributed by atoms with van der Waals surface area (Å²) in [7, 11) is 0. The van der Waals surface area contributed by atoms with Crippen molar-refractivity contribution in [3.8, 4) is 0 Å². The largest absolute Gasteiger partial charge is 0.444 e. The van der Waals surface area contributed by atoms with Crippen molar-refractivity contribution in [2.24, 2.45) is 5.92 Å². The predicted molar refractivity (Wildman–Crippen MR) is 121 cm³/mol. The number of likely N-dealkylation sites (tertiary alicyclic amines) is 1. The molecule has 3 rings (SSSR count). The van der Waals surface area contributed by atoms with Crippen LogP contribution in [0.4, 0.5) is 10.5 Å². The molecule has 7 heteroatoms. The number of non-ortho nitro benzene ring substituents is 1. The van der Waals surface area contributed by atoms with Crippen LogP contribution in [0.25, 0.3) is 0 Å². The number of amides is 1. The van der Waals surface area contributed by atoms with Crippen LogP contribution in [0.15, 0.2) is 18.2 Å². The predicted octanol–water partition coefficient (Wildman–Crippen LogP) is 4.81. The fourth-order valence-corrected chi connectivity index (χ4v) is 4.82. The van der Waals surface area contributed by atoms with E-state index >= 15 is 0 Å². The molecule has 1 heterocycles. The van der Waals surface area contributed by atoms with Crippen LogP contribution in [0.5, 0.6) is 0 Å². The van der Waals surface area contributed by atoms with Gasteiger partial charge in [0.05, 0.1) is 4.92 Å². The molecule has 1 aromatic carbocycles. The molecule has 0 radical (unpaired) electrons. The Balaban J connectivity index is 1.58. The lowest BCUT2D eigenvalue weighted by Crippen LogP contribution is -2.46. The Kier molecular flexibility index (Phi) is 7.57. The van der Waals surface area contributed by atoms with Crippen molar-refractivity contribution >= 4 is 11.8 Å². The number of carbonyl (C=O) groups excluding carboxylic acids is 1. The molecule has 2 aliphatic rings. The fraction of sp³-hybridized carbons (Fsp3) is 0.708. The number of fused-ring (bicyclic) bond motifs is 1. The third kappa shape index (κ3) is 6.42. The molecule has 0 spiro atoms. The van der Waals surface area contributed by atoms with Crippen molar-refractivity contribution in [2.45, 2.75) is 77.9 Å². The van der Waals surface area contributed by atoms with Gasteiger partial charge in [0.25, 0.3) is 5.69 Å². The number of rotatable bonds is 6. The summed E-state index contributed by atoms with van der Waals surface area (Å²) in [6.45, 7) is 11.5. The number of aryl methyl sites for hydroxylation is 1. The molecule has 0 bridgehead atoms. The van der Waals surface area contributed by atoms with Crippen molar-refractivity contribution in [1.82, 2.24) is 9.80 Å². The molecule has 1 atom stereocenters. The van der Waals surface area contributed by atoms with E-state index in [2.05, 4.69) is 11.8 Å². The molecule has 31 heavy (non-hydrogen) atoms. The van der Waals surface area contributed by atoms with Crippen molar-refractivity contribution in [3.63, 3.8) is 0 Å². The van der Waals surface area contributed by atoms with Gasteiger partial charge in [-0.25, -0.2) is 4.79 Å². The smallest absolute Gasteiger partial charge is 0.410 e. The van der Waals surface area contributed by atoms with Crippen LogP contribution < -0.4 is 0 Å². The molecule has 0 aromatic heterocycles. The van der Waals surface area contributed by atoms with Gasteiger partial charge < -0.3 is 9.64 Å². The van der Waals surface area contributed by atoms with E-state index in [0.29, 0.717) is 12.0 Å². The highest BCUT2D eigenvalue weighted by atomic mass is 16.6. The number of hydrogen-bond acceptors (Lipinski definition) is 5. The summed E-state index contributed by atoms with van der Waals surface area (Å²) in [4.78, 5) is 27.6. The first-order valence-corrected chi connectivity index (χ1v) is 11.6. The van der Waals surface area contributed by atoms with E-state index in [-0.39, 0.29) is 16.7 Å². The van der Waals surface area contributed by atoms with Gasteiger partial charge in [0.1, 0.15) is 5.60 Å². The van der Waals surface area contributed by atoms with E-state index in [1.165, 1.54) is 5.56 Å². The Labute approximate surface area is 185 Å². The van der Waals surface area contributed by atoms with E-state index in [0.717, 1.165) is 70.3 Å². The number of benzene rings is 1. The zero-order valence-corrected chi connectivity index (χ0v) is 19.4. The van der Waals surface area contributed by atoms with Gasteiger partial charge in [-0.3, -0.25) is 15.0 Å². The van der Waals surface area contributed by atoms with Gasteiger partial charge in [0.15, 0.2) is 0 Å². The van der Waals surface area contributed by atoms with Gasteiger partial charge in [-0.1, -0.05) is 13.0 Å². The minimum Gasteiger partial charge on any atom is -0.444 e. The molecule has 0 N–H and O–H groups in total. The summed E-state index contributed by atoms with van der Waals surface area (Å²) in [6.07, 6.45) is 5.84. The van der Waals surface area contributed by atoms with Crippen LogP contribution in [0.2, 0.25) is 0 Å². The van der Waals surface area contributed by atoms with Gasteiger partial charge in [0, 0.05) is 37.8 Å². The van der Waals surface area contributed by atoms with Crippen LogP contribution in [0, 0.1) is 16.0 Å². The molecule has 7 nitrogen and oxygen atoms in total. The molecule has 1 amide bonds. The van der Waals surface area contributed by atoms with Crippen molar-refractivity contribution in [3.05, 3.63) is 39.4 Å². The lowest BCUT2D eigenvalue weighted by Gasteiger charge is -2.39. The summed E-state index contributed by atoms with van der Waals surface area (Å²) >= 11 is 0. The maximum absolute atomic E-state index is 12.3. The van der Waals surface area contributed by atoms with Crippen LogP contribution in [-0.2, 0) is 17.6 Å². The Morgan fingerprint density at radius 3 is 2.55 bits per heavy atom. The van der Waals surface area contributed by atoms with Gasteiger partial charge >= 0.3 is 6.09 Å². The summed E-state index contributed by atoms with van der Waals surface area (Å²) in [6, 6.07) is 5.76. The van der Waals surface area contributed by atoms with Gasteiger partial charge in [-0.05, 0) is 82.9 Å². The van der Waals surface area contributed by atoms with E-state index in [1.807, 2.05) is 31.7 Å². The minimum atomic E-state index is -0.460. The number of carbonyl (C=O) groups is 1. The topological polar surface area (TPSA) is 75.9 Å². The Bertz CT molecular complexity index is 782. The fourth-order valence-electron chi connectivity index (χ4n) is 4.82. The van der Waals surface area contributed by atoms with E-state index in [4.69, 9.17) is 4.74 Å². The second kappa shape index (κ2) is 9.98. The molecule has 1 saturated heterocycles. The lowest BCUT2D eigenvalue weighted by atomic mass is 9.86. The molecule has 172 valence electrons. The van der Waals surface area contributed by atoms with Crippen molar-refractivity contribution < 1.29 is 14.5 Å². The highest BCUT2D eigenvalue weighted by Gasteiger charge is 2.30. The number of ether oxygens (including phenoxy) is 1. The van der Waals surface area contributed by atoms with E-state index < -0.39 is 5.60 Å². The highest BCUT2D eigenvalue weighted by molar-refractivity contribution is 5.68. The molecule has 1 fully saturated rings. The van der Waals surface area contributed by atoms with Crippen LogP contribution in [0.1, 0.15) is 64.5 Å². The summed E-state index contributed by atoms with van der Waals surface area (Å²) in [5.41, 5.74) is 2.12. The average molecular weight is 432 g/mol. The number of nitro groups is 1. The van der Waals surface area contributed by atoms with E-state index in [9.17, 15) is 14.9 Å². The number of nitrogens with zero attached hydrogens (tertiary/aromatic N) is 3. The summed E-state index contributed by atoms with van der Waals surface area (Å²) < 4.78 is 5.52. The monoisotopic (exact) mass is 431 g/mol. The van der Waals surface area contributed by atoms with Crippen LogP contribution in [0.3, 0.4) is 0 Å². The standard InChI is InChI=1S/C24H37N3O4/c1-5-12-26(17-18-10-13-25(14-11-18)23(28)31-24(2,3)4)21-8-6-19-7-9-22(27(29)30)16-20(19)15-21/h7,9,16,18,21H,5-6,8,10-15,17H2,1-4H3. The maximum atomic E-state index is 12.3. The van der Waals surface area contributed by atoms with Crippen LogP contribution >= 0.6 is 0 Å². The van der Waals surface area contributed by atoms with Gasteiger partial charge in [-0.15, -0.1) is 0 Å². The number of nitro benzene ring substituents is 1. The zero-order chi connectivity index (χ0) is 22.6. The SMILES string of the molecule is CCCN(CC1CCN(C(=O)OC(C)(C)C)CC1)C1CCc2ccc([N+](=O)[O-])cc2C1. The Morgan fingerprint density at radius 1 is 1.23 bits per heavy atom. The van der Waals surface area contributed by atoms with Gasteiger partial charge in [0.2, 0.25) is 0 Å². The van der Waals surface area contributed by atoms with Gasteiger partial charge in [-0.2, -0.15) is 0 Å². The first-order chi connectivity index (χ1) is 14.7. The third-order valence-electron chi connectivity index (χ3n) is 6.39. The second-order valence-electron chi connectivity index (χ2n) is 10.0. The molecule has 1 aliphatic heterocycles. The number of piperidine rings is 1. The molecule has 1 aromatic rings. The Hall–Kier alpha value is -2.15. The maximum Gasteiger partial charge on any atom is 0.410 e. The molecular weight excluding hydrogens is 394 g/mol. The van der Waals surface area contributed by atoms with E-state index in [1.54, 1.807) is 12.1 Å². The minimum absolute atomic E-state index is 0.191. The quantitative estimate of drug-likeness (QED) is 0.477. The molecule has 0 saturated carbocycles. The molecule has 1 aliphatic carbocycles. The van der Waals surface area contributed by atoms with Crippen LogP contribution in [-0.4, -0.2) is 58.6 Å². The second-order valence-corrected chi connectivity index (χ2v) is 10.0. The summed E-state index contributed by atoms with van der Waals surface area (Å²) in [5, 5.41) is 11.2.